The SMILES string of the molecule is CC(=O)c1ccc(S(=O)(=O)Cl)s1. The number of thiophene rings is 1. The van der Waals surface area contributed by atoms with Gasteiger partial charge in [0.2, 0.25) is 0 Å². The second-order valence-corrected chi connectivity index (χ2v) is 5.99. The van der Waals surface area contributed by atoms with Crippen LogP contribution >= 0.6 is 22.0 Å². The molecule has 0 radical (unpaired) electrons. The predicted molar refractivity (Wildman–Crippen MR) is 47.4 cm³/mol. The fraction of sp³-hybridized carbons (Fsp3) is 0.167. The molecule has 0 saturated carbocycles. The van der Waals surface area contributed by atoms with Crippen molar-refractivity contribution < 1.29 is 13.2 Å². The summed E-state index contributed by atoms with van der Waals surface area (Å²) < 4.78 is 21.5. The molecule has 0 spiro atoms. The summed E-state index contributed by atoms with van der Waals surface area (Å²) in [6.07, 6.45) is 0. The summed E-state index contributed by atoms with van der Waals surface area (Å²) >= 11 is 0.878. The van der Waals surface area contributed by atoms with Crippen molar-refractivity contribution in [2.45, 2.75) is 11.1 Å². The van der Waals surface area contributed by atoms with E-state index in [9.17, 15) is 13.2 Å². The maximum atomic E-state index is 10.8. The molecular formula is C6H5ClO3S2. The second-order valence-electron chi connectivity index (χ2n) is 2.11. The Bertz CT molecular complexity index is 404. The number of rotatable bonds is 2. The van der Waals surface area contributed by atoms with Gasteiger partial charge in [0.15, 0.2) is 5.78 Å². The van der Waals surface area contributed by atoms with Crippen molar-refractivity contribution in [2.75, 3.05) is 0 Å². The smallest absolute Gasteiger partial charge is 0.270 e. The van der Waals surface area contributed by atoms with Crippen LogP contribution < -0.4 is 0 Å². The summed E-state index contributed by atoms with van der Waals surface area (Å²) in [7, 11) is 1.37. The molecule has 0 fully saturated rings. The van der Waals surface area contributed by atoms with E-state index >= 15 is 0 Å². The van der Waals surface area contributed by atoms with Crippen molar-refractivity contribution in [3.63, 3.8) is 0 Å². The van der Waals surface area contributed by atoms with Gasteiger partial charge in [-0.15, -0.1) is 11.3 Å². The van der Waals surface area contributed by atoms with E-state index in [1.54, 1.807) is 0 Å². The zero-order chi connectivity index (χ0) is 9.35. The van der Waals surface area contributed by atoms with Gasteiger partial charge in [-0.1, -0.05) is 0 Å². The summed E-state index contributed by atoms with van der Waals surface area (Å²) in [5, 5.41) is 0. The van der Waals surface area contributed by atoms with E-state index in [0.29, 0.717) is 4.88 Å². The van der Waals surface area contributed by atoms with Crippen LogP contribution in [0.2, 0.25) is 0 Å². The largest absolute Gasteiger partial charge is 0.294 e. The highest BCUT2D eigenvalue weighted by Gasteiger charge is 2.14. The summed E-state index contributed by atoms with van der Waals surface area (Å²) in [6.45, 7) is 1.37. The predicted octanol–water partition coefficient (Wildman–Crippen LogP) is 1.88. The molecule has 1 aromatic rings. The van der Waals surface area contributed by atoms with Crippen molar-refractivity contribution in [1.29, 1.82) is 0 Å². The Balaban J connectivity index is 3.17. The molecule has 0 amide bonds. The first-order valence-electron chi connectivity index (χ1n) is 2.96. The molecule has 0 aliphatic heterocycles. The monoisotopic (exact) mass is 224 g/mol. The minimum absolute atomic E-state index is 0.00867. The second kappa shape index (κ2) is 3.16. The number of hydrogen-bond donors (Lipinski definition) is 0. The fourth-order valence-electron chi connectivity index (χ4n) is 0.640. The molecule has 1 heterocycles. The average Bonchev–Trinajstić information content (AvgIpc) is 2.30. The van der Waals surface area contributed by atoms with E-state index in [0.717, 1.165) is 11.3 Å². The van der Waals surface area contributed by atoms with Gasteiger partial charge in [0.05, 0.1) is 4.88 Å². The number of carbonyl (C=O) groups is 1. The maximum Gasteiger partial charge on any atom is 0.270 e. The summed E-state index contributed by atoms with van der Waals surface area (Å²) in [4.78, 5) is 11.2. The lowest BCUT2D eigenvalue weighted by molar-refractivity contribution is 0.102. The van der Waals surface area contributed by atoms with Gasteiger partial charge in [0.1, 0.15) is 4.21 Å². The Labute approximate surface area is 78.4 Å². The van der Waals surface area contributed by atoms with Gasteiger partial charge in [-0.05, 0) is 19.1 Å². The minimum atomic E-state index is -3.68. The van der Waals surface area contributed by atoms with E-state index in [1.807, 2.05) is 0 Å². The van der Waals surface area contributed by atoms with Crippen LogP contribution in [0.3, 0.4) is 0 Å². The van der Waals surface area contributed by atoms with Gasteiger partial charge in [0.25, 0.3) is 9.05 Å². The summed E-state index contributed by atoms with van der Waals surface area (Å²) in [6, 6.07) is 2.77. The first kappa shape index (κ1) is 9.70. The highest BCUT2D eigenvalue weighted by atomic mass is 35.7. The number of Topliss-reactive ketones (excluding diaryl/α,β-unsaturated/α-hetero) is 1. The van der Waals surface area contributed by atoms with Gasteiger partial charge in [-0.25, -0.2) is 8.42 Å². The van der Waals surface area contributed by atoms with E-state index < -0.39 is 9.05 Å². The van der Waals surface area contributed by atoms with Gasteiger partial charge < -0.3 is 0 Å². The van der Waals surface area contributed by atoms with Crippen molar-refractivity contribution in [1.82, 2.24) is 0 Å². The number of ketones is 1. The van der Waals surface area contributed by atoms with Crippen molar-refractivity contribution in [3.05, 3.63) is 17.0 Å². The third kappa shape index (κ3) is 2.06. The van der Waals surface area contributed by atoms with Crippen LogP contribution in [0.25, 0.3) is 0 Å². The molecule has 0 saturated heterocycles. The molecule has 0 bridgehead atoms. The minimum Gasteiger partial charge on any atom is -0.294 e. The lowest BCUT2D eigenvalue weighted by atomic mass is 10.4. The Morgan fingerprint density at radius 2 is 2.08 bits per heavy atom. The van der Waals surface area contributed by atoms with Crippen LogP contribution in [0, 0.1) is 0 Å². The molecule has 12 heavy (non-hydrogen) atoms. The molecule has 1 rings (SSSR count). The standard InChI is InChI=1S/C6H5ClO3S2/c1-4(8)5-2-3-6(11-5)12(7,9)10/h2-3H,1H3. The summed E-state index contributed by atoms with van der Waals surface area (Å²) in [5.74, 6) is -0.161. The maximum absolute atomic E-state index is 10.8. The molecular weight excluding hydrogens is 220 g/mol. The highest BCUT2D eigenvalue weighted by Crippen LogP contribution is 2.24. The number of carbonyl (C=O) groups excluding carboxylic acids is 1. The van der Waals surface area contributed by atoms with Crippen LogP contribution in [0.15, 0.2) is 16.3 Å². The molecule has 0 N–H and O–H groups in total. The van der Waals surface area contributed by atoms with Crippen LogP contribution in [0.4, 0.5) is 0 Å². The molecule has 6 heteroatoms. The molecule has 0 unspecified atom stereocenters. The van der Waals surface area contributed by atoms with E-state index in [4.69, 9.17) is 10.7 Å². The van der Waals surface area contributed by atoms with E-state index in [-0.39, 0.29) is 9.99 Å². The van der Waals surface area contributed by atoms with E-state index in [1.165, 1.54) is 19.1 Å². The third-order valence-electron chi connectivity index (χ3n) is 1.17. The van der Waals surface area contributed by atoms with Gasteiger partial charge >= 0.3 is 0 Å². The van der Waals surface area contributed by atoms with Crippen molar-refractivity contribution in [2.24, 2.45) is 0 Å². The zero-order valence-corrected chi connectivity index (χ0v) is 8.46. The number of halogens is 1. The Hall–Kier alpha value is -0.390. The topological polar surface area (TPSA) is 51.2 Å². The molecule has 1 aromatic heterocycles. The van der Waals surface area contributed by atoms with Crippen LogP contribution in [-0.4, -0.2) is 14.2 Å². The van der Waals surface area contributed by atoms with Crippen LogP contribution in [0.5, 0.6) is 0 Å². The Morgan fingerprint density at radius 1 is 1.50 bits per heavy atom. The average molecular weight is 225 g/mol. The lowest BCUT2D eigenvalue weighted by Gasteiger charge is -1.85. The van der Waals surface area contributed by atoms with Crippen LogP contribution in [0.1, 0.15) is 16.6 Å². The Morgan fingerprint density at radius 3 is 2.33 bits per heavy atom. The lowest BCUT2D eigenvalue weighted by Crippen LogP contribution is -1.85. The zero-order valence-electron chi connectivity index (χ0n) is 6.07. The molecule has 0 aromatic carbocycles. The van der Waals surface area contributed by atoms with Crippen molar-refractivity contribution in [3.8, 4) is 0 Å². The molecule has 66 valence electrons. The molecule has 3 nitrogen and oxygen atoms in total. The Kier molecular flexibility index (Phi) is 2.55. The molecule has 0 atom stereocenters. The number of hydrogen-bond acceptors (Lipinski definition) is 4. The fourth-order valence-corrected chi connectivity index (χ4v) is 2.61. The third-order valence-corrected chi connectivity index (χ3v) is 4.45. The van der Waals surface area contributed by atoms with Crippen LogP contribution in [-0.2, 0) is 9.05 Å². The highest BCUT2D eigenvalue weighted by molar-refractivity contribution is 8.15. The van der Waals surface area contributed by atoms with Gasteiger partial charge in [-0.3, -0.25) is 4.79 Å². The normalized spacial score (nSPS) is 11.5. The quantitative estimate of drug-likeness (QED) is 0.569. The first-order valence-corrected chi connectivity index (χ1v) is 6.09. The van der Waals surface area contributed by atoms with Gasteiger partial charge in [0, 0.05) is 10.7 Å². The van der Waals surface area contributed by atoms with Crippen molar-refractivity contribution >= 4 is 36.9 Å². The van der Waals surface area contributed by atoms with E-state index in [2.05, 4.69) is 0 Å². The first-order chi connectivity index (χ1) is 5.41. The summed E-state index contributed by atoms with van der Waals surface area (Å²) in [5.41, 5.74) is 0. The van der Waals surface area contributed by atoms with Gasteiger partial charge in [-0.2, -0.15) is 0 Å². The molecule has 0 aliphatic rings. The molecule has 0 aliphatic carbocycles.